The normalized spacial score (nSPS) is 11.1. The van der Waals surface area contributed by atoms with Crippen LogP contribution in [0, 0.1) is 0 Å². The van der Waals surface area contributed by atoms with Crippen LogP contribution in [0.3, 0.4) is 0 Å². The molecule has 0 amide bonds. The van der Waals surface area contributed by atoms with Crippen LogP contribution >= 0.6 is 15.9 Å². The first kappa shape index (κ1) is 12.4. The van der Waals surface area contributed by atoms with E-state index in [2.05, 4.69) is 64.0 Å². The Morgan fingerprint density at radius 3 is 2.59 bits per heavy atom. The zero-order chi connectivity index (χ0) is 12.3. The van der Waals surface area contributed by atoms with E-state index >= 15 is 0 Å². The molecule has 0 fully saturated rings. The molecule has 1 aromatic carbocycles. The van der Waals surface area contributed by atoms with Gasteiger partial charge in [-0.1, -0.05) is 48.0 Å². The molecule has 0 aliphatic heterocycles. The summed E-state index contributed by atoms with van der Waals surface area (Å²) in [6.07, 6.45) is 6.32. The predicted octanol–water partition coefficient (Wildman–Crippen LogP) is 4.67. The fourth-order valence-electron chi connectivity index (χ4n) is 2.03. The van der Waals surface area contributed by atoms with Gasteiger partial charge in [-0.15, -0.1) is 0 Å². The second-order valence-corrected chi connectivity index (χ2v) is 5.01. The van der Waals surface area contributed by atoms with Crippen LogP contribution in [0.15, 0.2) is 41.1 Å². The molecule has 2 aromatic rings. The van der Waals surface area contributed by atoms with Gasteiger partial charge in [0.15, 0.2) is 0 Å². The maximum absolute atomic E-state index is 4.47. The van der Waals surface area contributed by atoms with Crippen molar-refractivity contribution in [1.29, 1.82) is 0 Å². The van der Waals surface area contributed by atoms with Crippen LogP contribution in [-0.4, -0.2) is 9.78 Å². The van der Waals surface area contributed by atoms with Gasteiger partial charge in [0, 0.05) is 16.2 Å². The molecule has 90 valence electrons. The average molecular weight is 293 g/mol. The van der Waals surface area contributed by atoms with E-state index in [1.807, 2.05) is 12.3 Å². The maximum atomic E-state index is 4.47. The summed E-state index contributed by atoms with van der Waals surface area (Å²) in [5, 5.41) is 4.47. The highest BCUT2D eigenvalue weighted by Gasteiger charge is 2.10. The van der Waals surface area contributed by atoms with E-state index < -0.39 is 0 Å². The minimum Gasteiger partial charge on any atom is -0.269 e. The second kappa shape index (κ2) is 5.50. The minimum absolute atomic E-state index is 0.506. The van der Waals surface area contributed by atoms with Crippen LogP contribution in [-0.2, 0) is 0 Å². The van der Waals surface area contributed by atoms with Crippen LogP contribution in [0.4, 0.5) is 0 Å². The SMILES string of the molecule is CCC(CC)n1cc(-c2ccccc2Br)cn1. The summed E-state index contributed by atoms with van der Waals surface area (Å²) in [4.78, 5) is 0. The third-order valence-corrected chi connectivity index (χ3v) is 3.79. The average Bonchev–Trinajstić information content (AvgIpc) is 2.81. The molecule has 0 aliphatic rings. The molecule has 0 atom stereocenters. The fraction of sp³-hybridized carbons (Fsp3) is 0.357. The molecule has 0 unspecified atom stereocenters. The van der Waals surface area contributed by atoms with Crippen molar-refractivity contribution < 1.29 is 0 Å². The molecule has 2 rings (SSSR count). The molecular formula is C14H17BrN2. The molecule has 0 saturated heterocycles. The van der Waals surface area contributed by atoms with Gasteiger partial charge in [-0.25, -0.2) is 0 Å². The number of hydrogen-bond acceptors (Lipinski definition) is 1. The molecule has 0 bridgehead atoms. The van der Waals surface area contributed by atoms with Crippen molar-refractivity contribution >= 4 is 15.9 Å². The van der Waals surface area contributed by atoms with E-state index in [4.69, 9.17) is 0 Å². The van der Waals surface area contributed by atoms with Gasteiger partial charge in [0.1, 0.15) is 0 Å². The highest BCUT2D eigenvalue weighted by molar-refractivity contribution is 9.10. The zero-order valence-corrected chi connectivity index (χ0v) is 11.8. The Labute approximate surface area is 111 Å². The summed E-state index contributed by atoms with van der Waals surface area (Å²) in [5.74, 6) is 0. The lowest BCUT2D eigenvalue weighted by atomic mass is 10.1. The zero-order valence-electron chi connectivity index (χ0n) is 10.2. The number of aromatic nitrogens is 2. The van der Waals surface area contributed by atoms with Gasteiger partial charge in [-0.2, -0.15) is 5.10 Å². The lowest BCUT2D eigenvalue weighted by molar-refractivity contribution is 0.428. The topological polar surface area (TPSA) is 17.8 Å². The summed E-state index contributed by atoms with van der Waals surface area (Å²) in [6.45, 7) is 4.40. The third kappa shape index (κ3) is 2.60. The summed E-state index contributed by atoms with van der Waals surface area (Å²) >= 11 is 3.58. The van der Waals surface area contributed by atoms with E-state index in [-0.39, 0.29) is 0 Å². The molecule has 0 spiro atoms. The van der Waals surface area contributed by atoms with E-state index in [0.29, 0.717) is 6.04 Å². The predicted molar refractivity (Wildman–Crippen MR) is 75.0 cm³/mol. The van der Waals surface area contributed by atoms with E-state index in [0.717, 1.165) is 17.3 Å². The molecule has 0 saturated carbocycles. The molecule has 17 heavy (non-hydrogen) atoms. The van der Waals surface area contributed by atoms with Crippen molar-refractivity contribution in [2.75, 3.05) is 0 Å². The second-order valence-electron chi connectivity index (χ2n) is 4.16. The standard InChI is InChI=1S/C14H17BrN2/c1-3-12(4-2)17-10-11(9-16-17)13-7-5-6-8-14(13)15/h5-10,12H,3-4H2,1-2H3. The Kier molecular flexibility index (Phi) is 4.00. The van der Waals surface area contributed by atoms with E-state index in [9.17, 15) is 0 Å². The number of rotatable bonds is 4. The van der Waals surface area contributed by atoms with Crippen LogP contribution in [0.25, 0.3) is 11.1 Å². The molecule has 1 aromatic heterocycles. The fourth-order valence-corrected chi connectivity index (χ4v) is 2.55. The van der Waals surface area contributed by atoms with Crippen molar-refractivity contribution in [3.63, 3.8) is 0 Å². The molecule has 3 heteroatoms. The first-order valence-corrected chi connectivity index (χ1v) is 6.84. The van der Waals surface area contributed by atoms with Gasteiger partial charge in [-0.05, 0) is 24.5 Å². The highest BCUT2D eigenvalue weighted by atomic mass is 79.9. The van der Waals surface area contributed by atoms with Crippen molar-refractivity contribution in [2.45, 2.75) is 32.7 Å². The maximum Gasteiger partial charge on any atom is 0.0568 e. The summed E-state index contributed by atoms with van der Waals surface area (Å²) in [5.41, 5.74) is 2.37. The third-order valence-electron chi connectivity index (χ3n) is 3.10. The molecular weight excluding hydrogens is 276 g/mol. The number of benzene rings is 1. The number of nitrogens with zero attached hydrogens (tertiary/aromatic N) is 2. The Morgan fingerprint density at radius 2 is 1.94 bits per heavy atom. The van der Waals surface area contributed by atoms with Crippen molar-refractivity contribution in [3.8, 4) is 11.1 Å². The van der Waals surface area contributed by atoms with E-state index in [1.54, 1.807) is 0 Å². The lowest BCUT2D eigenvalue weighted by Gasteiger charge is -2.12. The Hall–Kier alpha value is -1.09. The molecule has 0 radical (unpaired) electrons. The first-order chi connectivity index (χ1) is 8.26. The smallest absolute Gasteiger partial charge is 0.0568 e. The van der Waals surface area contributed by atoms with Gasteiger partial charge >= 0.3 is 0 Å². The largest absolute Gasteiger partial charge is 0.269 e. The quantitative estimate of drug-likeness (QED) is 0.800. The lowest BCUT2D eigenvalue weighted by Crippen LogP contribution is -2.06. The van der Waals surface area contributed by atoms with Crippen molar-refractivity contribution in [1.82, 2.24) is 9.78 Å². The van der Waals surface area contributed by atoms with Gasteiger partial charge in [0.05, 0.1) is 12.2 Å². The van der Waals surface area contributed by atoms with E-state index in [1.165, 1.54) is 11.1 Å². The van der Waals surface area contributed by atoms with Crippen LogP contribution < -0.4 is 0 Å². The van der Waals surface area contributed by atoms with Gasteiger partial charge < -0.3 is 0 Å². The monoisotopic (exact) mass is 292 g/mol. The molecule has 0 N–H and O–H groups in total. The van der Waals surface area contributed by atoms with Gasteiger partial charge in [0.2, 0.25) is 0 Å². The minimum atomic E-state index is 0.506. The Balaban J connectivity index is 2.33. The van der Waals surface area contributed by atoms with Gasteiger partial charge in [-0.3, -0.25) is 4.68 Å². The van der Waals surface area contributed by atoms with Crippen LogP contribution in [0.5, 0.6) is 0 Å². The van der Waals surface area contributed by atoms with Crippen molar-refractivity contribution in [3.05, 3.63) is 41.1 Å². The molecule has 1 heterocycles. The van der Waals surface area contributed by atoms with Crippen LogP contribution in [0.2, 0.25) is 0 Å². The summed E-state index contributed by atoms with van der Waals surface area (Å²) in [6, 6.07) is 8.75. The number of halogens is 1. The van der Waals surface area contributed by atoms with Crippen molar-refractivity contribution in [2.24, 2.45) is 0 Å². The Bertz CT molecular complexity index is 486. The molecule has 2 nitrogen and oxygen atoms in total. The first-order valence-electron chi connectivity index (χ1n) is 6.05. The summed E-state index contributed by atoms with van der Waals surface area (Å²) in [7, 11) is 0. The molecule has 0 aliphatic carbocycles. The number of hydrogen-bond donors (Lipinski definition) is 0. The Morgan fingerprint density at radius 1 is 1.24 bits per heavy atom. The summed E-state index contributed by atoms with van der Waals surface area (Å²) < 4.78 is 3.19. The highest BCUT2D eigenvalue weighted by Crippen LogP contribution is 2.28. The van der Waals surface area contributed by atoms with Crippen LogP contribution in [0.1, 0.15) is 32.7 Å². The van der Waals surface area contributed by atoms with Gasteiger partial charge in [0.25, 0.3) is 0 Å².